The second kappa shape index (κ2) is 3.51. The van der Waals surface area contributed by atoms with Gasteiger partial charge in [-0.25, -0.2) is 0 Å². The molecular formula is C8H12N2O2. The zero-order valence-corrected chi connectivity index (χ0v) is 6.78. The zero-order valence-electron chi connectivity index (χ0n) is 7.78. The van der Waals surface area contributed by atoms with E-state index in [1.54, 1.807) is 6.92 Å². The minimum atomic E-state index is -1.41. The Morgan fingerprint density at radius 1 is 1.75 bits per heavy atom. The molecule has 1 atom stereocenters. The standard InChI is InChI=1S/C8H12N2O2/c1-5-8(12)7(2-9)6(4-11)3-10-5/h3,11-12H,2,4,9H2,1H3/i4D. The number of rotatable bonds is 2. The van der Waals surface area contributed by atoms with Crippen LogP contribution in [0.3, 0.4) is 0 Å². The van der Waals surface area contributed by atoms with Gasteiger partial charge in [0.2, 0.25) is 0 Å². The van der Waals surface area contributed by atoms with Crippen LogP contribution in [0.1, 0.15) is 18.2 Å². The van der Waals surface area contributed by atoms with Gasteiger partial charge in [-0.2, -0.15) is 0 Å². The van der Waals surface area contributed by atoms with Crippen molar-refractivity contribution in [3.8, 4) is 5.75 Å². The minimum absolute atomic E-state index is 0.0358. The van der Waals surface area contributed by atoms with Crippen LogP contribution in [-0.2, 0) is 13.1 Å². The van der Waals surface area contributed by atoms with E-state index < -0.39 is 6.58 Å². The summed E-state index contributed by atoms with van der Waals surface area (Å²) in [4.78, 5) is 3.82. The molecule has 0 amide bonds. The number of nitrogens with zero attached hydrogens (tertiary/aromatic N) is 1. The minimum Gasteiger partial charge on any atom is -0.506 e. The highest BCUT2D eigenvalue weighted by Crippen LogP contribution is 2.22. The molecule has 0 radical (unpaired) electrons. The molecule has 66 valence electrons. The van der Waals surface area contributed by atoms with Gasteiger partial charge in [0.1, 0.15) is 5.75 Å². The molecule has 0 bridgehead atoms. The Hall–Kier alpha value is -1.13. The van der Waals surface area contributed by atoms with Gasteiger partial charge >= 0.3 is 0 Å². The van der Waals surface area contributed by atoms with Crippen LogP contribution in [0, 0.1) is 6.92 Å². The first-order valence-electron chi connectivity index (χ1n) is 4.13. The molecule has 4 nitrogen and oxygen atoms in total. The number of nitrogens with two attached hydrogens (primary N) is 1. The summed E-state index contributed by atoms with van der Waals surface area (Å²) in [7, 11) is 0. The summed E-state index contributed by atoms with van der Waals surface area (Å²) >= 11 is 0. The van der Waals surface area contributed by atoms with Crippen molar-refractivity contribution in [1.82, 2.24) is 4.98 Å². The lowest BCUT2D eigenvalue weighted by atomic mass is 10.1. The van der Waals surface area contributed by atoms with Gasteiger partial charge in [-0.05, 0) is 6.92 Å². The molecule has 0 saturated heterocycles. The van der Waals surface area contributed by atoms with Crippen LogP contribution in [0.4, 0.5) is 0 Å². The number of hydrogen-bond donors (Lipinski definition) is 3. The topological polar surface area (TPSA) is 79.4 Å². The van der Waals surface area contributed by atoms with Crippen molar-refractivity contribution in [2.24, 2.45) is 5.73 Å². The van der Waals surface area contributed by atoms with Gasteiger partial charge < -0.3 is 15.9 Å². The first-order valence-corrected chi connectivity index (χ1v) is 3.55. The summed E-state index contributed by atoms with van der Waals surface area (Å²) in [5.41, 5.74) is 6.46. The van der Waals surface area contributed by atoms with E-state index in [1.807, 2.05) is 0 Å². The van der Waals surface area contributed by atoms with Crippen LogP contribution in [0.15, 0.2) is 6.20 Å². The Bertz CT molecular complexity index is 315. The molecule has 0 fully saturated rings. The lowest BCUT2D eigenvalue weighted by molar-refractivity contribution is 0.279. The van der Waals surface area contributed by atoms with E-state index in [0.717, 1.165) is 0 Å². The maximum atomic E-state index is 9.49. The van der Waals surface area contributed by atoms with E-state index in [2.05, 4.69) is 4.98 Å². The number of aliphatic hydroxyl groups excluding tert-OH is 1. The van der Waals surface area contributed by atoms with Crippen LogP contribution in [0.25, 0.3) is 0 Å². The van der Waals surface area contributed by atoms with E-state index >= 15 is 0 Å². The second-order valence-electron chi connectivity index (χ2n) is 2.46. The highest BCUT2D eigenvalue weighted by molar-refractivity contribution is 5.40. The van der Waals surface area contributed by atoms with E-state index in [4.69, 9.17) is 12.2 Å². The van der Waals surface area contributed by atoms with E-state index in [-0.39, 0.29) is 17.9 Å². The average Bonchev–Trinajstić information content (AvgIpc) is 2.09. The third kappa shape index (κ3) is 1.39. The molecular weight excluding hydrogens is 156 g/mol. The first kappa shape index (κ1) is 7.52. The van der Waals surface area contributed by atoms with Crippen LogP contribution < -0.4 is 5.73 Å². The fourth-order valence-electron chi connectivity index (χ4n) is 0.986. The van der Waals surface area contributed by atoms with Gasteiger partial charge in [0.25, 0.3) is 0 Å². The predicted octanol–water partition coefficient (Wildman–Crippen LogP) is 0.0466. The molecule has 0 aliphatic rings. The van der Waals surface area contributed by atoms with Gasteiger partial charge in [0, 0.05) is 23.9 Å². The molecule has 0 aliphatic carbocycles. The lowest BCUT2D eigenvalue weighted by Crippen LogP contribution is -2.04. The number of aliphatic hydroxyl groups is 1. The van der Waals surface area contributed by atoms with Crippen molar-refractivity contribution < 1.29 is 11.6 Å². The molecule has 4 N–H and O–H groups in total. The Kier molecular flexibility index (Phi) is 2.20. The maximum Gasteiger partial charge on any atom is 0.141 e. The SMILES string of the molecule is [2H]C(O)c1cnc(C)c(O)c1CN. The predicted molar refractivity (Wildman–Crippen MR) is 44.5 cm³/mol. The number of aromatic nitrogens is 1. The van der Waals surface area contributed by atoms with Crippen molar-refractivity contribution >= 4 is 0 Å². The first-order chi connectivity index (χ1) is 6.07. The highest BCUT2D eigenvalue weighted by atomic mass is 16.3. The monoisotopic (exact) mass is 169 g/mol. The average molecular weight is 169 g/mol. The fourth-order valence-corrected chi connectivity index (χ4v) is 0.986. The Labute approximate surface area is 72.1 Å². The Morgan fingerprint density at radius 3 is 2.92 bits per heavy atom. The lowest BCUT2D eigenvalue weighted by Gasteiger charge is -2.08. The molecule has 1 aromatic rings. The van der Waals surface area contributed by atoms with Gasteiger partial charge in [-0.3, -0.25) is 4.98 Å². The number of pyridine rings is 1. The van der Waals surface area contributed by atoms with Crippen molar-refractivity contribution in [2.75, 3.05) is 0 Å². The van der Waals surface area contributed by atoms with Crippen molar-refractivity contribution in [3.05, 3.63) is 23.0 Å². The summed E-state index contributed by atoms with van der Waals surface area (Å²) in [6.45, 7) is 0.312. The smallest absolute Gasteiger partial charge is 0.141 e. The van der Waals surface area contributed by atoms with E-state index in [1.165, 1.54) is 6.20 Å². The van der Waals surface area contributed by atoms with Gasteiger partial charge in [0.05, 0.1) is 13.6 Å². The fraction of sp³-hybridized carbons (Fsp3) is 0.375. The normalized spacial score (nSPS) is 14.1. The zero-order chi connectivity index (χ0) is 10.0. The Balaban J connectivity index is 3.30. The highest BCUT2D eigenvalue weighted by Gasteiger charge is 2.08. The molecule has 1 heterocycles. The molecule has 1 unspecified atom stereocenters. The molecule has 0 aliphatic heterocycles. The van der Waals surface area contributed by atoms with Crippen LogP contribution >= 0.6 is 0 Å². The summed E-state index contributed by atoms with van der Waals surface area (Å²) < 4.78 is 7.08. The maximum absolute atomic E-state index is 9.49. The second-order valence-corrected chi connectivity index (χ2v) is 2.46. The number of aromatic hydroxyl groups is 1. The summed E-state index contributed by atoms with van der Waals surface area (Å²) in [5, 5.41) is 18.5. The van der Waals surface area contributed by atoms with Crippen molar-refractivity contribution in [1.29, 1.82) is 0 Å². The Morgan fingerprint density at radius 2 is 2.42 bits per heavy atom. The van der Waals surface area contributed by atoms with Crippen molar-refractivity contribution in [3.63, 3.8) is 0 Å². The van der Waals surface area contributed by atoms with Gasteiger partial charge in [-0.15, -0.1) is 0 Å². The van der Waals surface area contributed by atoms with E-state index in [0.29, 0.717) is 11.3 Å². The summed E-state index contributed by atoms with van der Waals surface area (Å²) in [6.07, 6.45) is 1.36. The molecule has 0 aromatic carbocycles. The molecule has 1 aromatic heterocycles. The van der Waals surface area contributed by atoms with Crippen LogP contribution in [0.2, 0.25) is 0 Å². The summed E-state index contributed by atoms with van der Waals surface area (Å²) in [5.74, 6) is -0.0358. The van der Waals surface area contributed by atoms with Gasteiger partial charge in [-0.1, -0.05) is 0 Å². The molecule has 0 saturated carbocycles. The molecule has 0 spiro atoms. The third-order valence-electron chi connectivity index (χ3n) is 1.72. The number of aryl methyl sites for hydroxylation is 1. The third-order valence-corrected chi connectivity index (χ3v) is 1.72. The van der Waals surface area contributed by atoms with Crippen LogP contribution in [-0.4, -0.2) is 15.2 Å². The quantitative estimate of drug-likeness (QED) is 0.584. The molecule has 1 rings (SSSR count). The number of hydrogen-bond acceptors (Lipinski definition) is 4. The van der Waals surface area contributed by atoms with Crippen molar-refractivity contribution in [2.45, 2.75) is 20.1 Å². The summed E-state index contributed by atoms with van der Waals surface area (Å²) in [6, 6.07) is 0. The van der Waals surface area contributed by atoms with Crippen LogP contribution in [0.5, 0.6) is 5.75 Å². The molecule has 12 heavy (non-hydrogen) atoms. The van der Waals surface area contributed by atoms with E-state index in [9.17, 15) is 5.11 Å². The molecule has 4 heteroatoms. The van der Waals surface area contributed by atoms with Gasteiger partial charge in [0.15, 0.2) is 0 Å². The largest absolute Gasteiger partial charge is 0.506 e.